The third-order valence-corrected chi connectivity index (χ3v) is 4.06. The zero-order chi connectivity index (χ0) is 19.6. The van der Waals surface area contributed by atoms with Crippen LogP contribution in [0.1, 0.15) is 43.7 Å². The minimum Gasteiger partial charge on any atom is -0.359 e. The molecule has 0 aliphatic carbocycles. The molecule has 0 bridgehead atoms. The number of aliphatic imine (C=N–C) groups is 1. The SMILES string of the molecule is CCNC(=NCc1cc(C(C)C)no1)NCCN(C)Cc1ccc(F)cc1. The minimum atomic E-state index is -0.207. The molecule has 7 heteroatoms. The number of hydrogen-bond donors (Lipinski definition) is 2. The van der Waals surface area contributed by atoms with Crippen LogP contribution in [-0.4, -0.2) is 42.7 Å². The summed E-state index contributed by atoms with van der Waals surface area (Å²) in [5.41, 5.74) is 2.03. The van der Waals surface area contributed by atoms with E-state index in [9.17, 15) is 4.39 Å². The summed E-state index contributed by atoms with van der Waals surface area (Å²) in [5, 5.41) is 10.6. The summed E-state index contributed by atoms with van der Waals surface area (Å²) in [6.45, 7) is 9.77. The highest BCUT2D eigenvalue weighted by atomic mass is 19.1. The van der Waals surface area contributed by atoms with Gasteiger partial charge in [-0.1, -0.05) is 31.1 Å². The summed E-state index contributed by atoms with van der Waals surface area (Å²) >= 11 is 0. The number of rotatable bonds is 9. The van der Waals surface area contributed by atoms with Gasteiger partial charge in [0, 0.05) is 32.2 Å². The molecule has 1 heterocycles. The molecule has 0 radical (unpaired) electrons. The molecule has 0 unspecified atom stereocenters. The lowest BCUT2D eigenvalue weighted by Gasteiger charge is -2.18. The molecule has 2 aromatic rings. The van der Waals surface area contributed by atoms with Crippen LogP contribution in [0.25, 0.3) is 0 Å². The summed E-state index contributed by atoms with van der Waals surface area (Å²) in [7, 11) is 2.04. The van der Waals surface area contributed by atoms with Crippen molar-refractivity contribution in [3.8, 4) is 0 Å². The fraction of sp³-hybridized carbons (Fsp3) is 0.500. The Hall–Kier alpha value is -2.41. The van der Waals surface area contributed by atoms with Crippen LogP contribution in [0.3, 0.4) is 0 Å². The lowest BCUT2D eigenvalue weighted by Crippen LogP contribution is -2.40. The van der Waals surface area contributed by atoms with Gasteiger partial charge < -0.3 is 20.1 Å². The first-order valence-corrected chi connectivity index (χ1v) is 9.38. The monoisotopic (exact) mass is 375 g/mol. The molecule has 0 aliphatic heterocycles. The van der Waals surface area contributed by atoms with E-state index in [2.05, 4.69) is 39.5 Å². The van der Waals surface area contributed by atoms with Crippen molar-refractivity contribution in [2.24, 2.45) is 4.99 Å². The van der Waals surface area contributed by atoms with Crippen LogP contribution in [0.5, 0.6) is 0 Å². The molecule has 0 saturated carbocycles. The van der Waals surface area contributed by atoms with Crippen LogP contribution < -0.4 is 10.6 Å². The maximum Gasteiger partial charge on any atom is 0.191 e. The van der Waals surface area contributed by atoms with E-state index in [0.29, 0.717) is 12.5 Å². The highest BCUT2D eigenvalue weighted by Gasteiger charge is 2.08. The molecule has 27 heavy (non-hydrogen) atoms. The Morgan fingerprint density at radius 1 is 1.26 bits per heavy atom. The third kappa shape index (κ3) is 7.38. The largest absolute Gasteiger partial charge is 0.359 e. The Bertz CT molecular complexity index is 711. The van der Waals surface area contributed by atoms with E-state index in [0.717, 1.165) is 49.2 Å². The summed E-state index contributed by atoms with van der Waals surface area (Å²) in [5.74, 6) is 1.64. The van der Waals surface area contributed by atoms with Gasteiger partial charge in [0.1, 0.15) is 12.4 Å². The van der Waals surface area contributed by atoms with Gasteiger partial charge in [-0.15, -0.1) is 0 Å². The molecule has 2 rings (SSSR count). The summed E-state index contributed by atoms with van der Waals surface area (Å²) in [6, 6.07) is 8.56. The average Bonchev–Trinajstić information content (AvgIpc) is 3.11. The van der Waals surface area contributed by atoms with Crippen molar-refractivity contribution in [2.45, 2.75) is 39.8 Å². The normalized spacial score (nSPS) is 12.0. The number of nitrogens with one attached hydrogen (secondary N) is 2. The van der Waals surface area contributed by atoms with Gasteiger partial charge in [0.25, 0.3) is 0 Å². The molecule has 0 spiro atoms. The number of guanidine groups is 1. The molecule has 148 valence electrons. The van der Waals surface area contributed by atoms with Gasteiger partial charge in [-0.3, -0.25) is 0 Å². The Morgan fingerprint density at radius 3 is 2.63 bits per heavy atom. The second-order valence-corrected chi connectivity index (χ2v) is 6.86. The Kier molecular flexibility index (Phi) is 8.26. The first-order valence-electron chi connectivity index (χ1n) is 9.38. The topological polar surface area (TPSA) is 65.7 Å². The Balaban J connectivity index is 1.79. The average molecular weight is 375 g/mol. The maximum atomic E-state index is 13.0. The van der Waals surface area contributed by atoms with Crippen LogP contribution in [0.2, 0.25) is 0 Å². The van der Waals surface area contributed by atoms with Gasteiger partial charge in [0.2, 0.25) is 0 Å². The summed E-state index contributed by atoms with van der Waals surface area (Å²) in [4.78, 5) is 6.72. The number of benzene rings is 1. The number of aromatic nitrogens is 1. The number of nitrogens with zero attached hydrogens (tertiary/aromatic N) is 3. The van der Waals surface area contributed by atoms with E-state index in [1.807, 2.05) is 32.2 Å². The molecule has 1 aromatic heterocycles. The van der Waals surface area contributed by atoms with E-state index in [-0.39, 0.29) is 5.82 Å². The van der Waals surface area contributed by atoms with E-state index in [1.165, 1.54) is 12.1 Å². The molecule has 0 atom stereocenters. The van der Waals surface area contributed by atoms with Crippen molar-refractivity contribution >= 4 is 5.96 Å². The fourth-order valence-electron chi connectivity index (χ4n) is 2.52. The number of halogens is 1. The van der Waals surface area contributed by atoms with Crippen LogP contribution in [0.4, 0.5) is 4.39 Å². The van der Waals surface area contributed by atoms with Gasteiger partial charge in [0.05, 0.1) is 5.69 Å². The van der Waals surface area contributed by atoms with Crippen molar-refractivity contribution < 1.29 is 8.91 Å². The first-order chi connectivity index (χ1) is 13.0. The van der Waals surface area contributed by atoms with Gasteiger partial charge in [-0.2, -0.15) is 0 Å². The maximum absolute atomic E-state index is 13.0. The molecule has 1 aromatic carbocycles. The lowest BCUT2D eigenvalue weighted by atomic mass is 10.1. The molecule has 0 aliphatic rings. The summed E-state index contributed by atoms with van der Waals surface area (Å²) < 4.78 is 18.3. The van der Waals surface area contributed by atoms with Crippen LogP contribution >= 0.6 is 0 Å². The molecule has 0 saturated heterocycles. The van der Waals surface area contributed by atoms with Gasteiger partial charge in [-0.25, -0.2) is 9.38 Å². The van der Waals surface area contributed by atoms with Crippen molar-refractivity contribution in [1.82, 2.24) is 20.7 Å². The third-order valence-electron chi connectivity index (χ3n) is 4.06. The quantitative estimate of drug-likeness (QED) is 0.521. The smallest absolute Gasteiger partial charge is 0.191 e. The van der Waals surface area contributed by atoms with Crippen molar-refractivity contribution in [1.29, 1.82) is 0 Å². The van der Waals surface area contributed by atoms with Gasteiger partial charge in [0.15, 0.2) is 11.7 Å². The lowest BCUT2D eigenvalue weighted by molar-refractivity contribution is 0.331. The van der Waals surface area contributed by atoms with Crippen molar-refractivity contribution in [3.05, 3.63) is 53.2 Å². The Labute approximate surface area is 160 Å². The van der Waals surface area contributed by atoms with Crippen molar-refractivity contribution in [3.63, 3.8) is 0 Å². The van der Waals surface area contributed by atoms with Crippen LogP contribution in [0.15, 0.2) is 39.8 Å². The number of likely N-dealkylation sites (N-methyl/N-ethyl adjacent to an activating group) is 1. The van der Waals surface area contributed by atoms with Crippen LogP contribution in [0, 0.1) is 5.82 Å². The molecular weight excluding hydrogens is 345 g/mol. The van der Waals surface area contributed by atoms with E-state index in [1.54, 1.807) is 0 Å². The molecular formula is C20H30FN5O. The van der Waals surface area contributed by atoms with E-state index < -0.39 is 0 Å². The predicted octanol–water partition coefficient (Wildman–Crippen LogP) is 3.12. The highest BCUT2D eigenvalue weighted by molar-refractivity contribution is 5.79. The predicted molar refractivity (Wildman–Crippen MR) is 106 cm³/mol. The molecule has 2 N–H and O–H groups in total. The molecule has 6 nitrogen and oxygen atoms in total. The van der Waals surface area contributed by atoms with E-state index >= 15 is 0 Å². The van der Waals surface area contributed by atoms with Gasteiger partial charge in [-0.05, 0) is 37.6 Å². The highest BCUT2D eigenvalue weighted by Crippen LogP contribution is 2.14. The number of hydrogen-bond acceptors (Lipinski definition) is 4. The zero-order valence-corrected chi connectivity index (χ0v) is 16.6. The molecule has 0 fully saturated rings. The minimum absolute atomic E-state index is 0.207. The fourth-order valence-corrected chi connectivity index (χ4v) is 2.52. The van der Waals surface area contributed by atoms with E-state index in [4.69, 9.17) is 4.52 Å². The Morgan fingerprint density at radius 2 is 2.00 bits per heavy atom. The zero-order valence-electron chi connectivity index (χ0n) is 16.6. The van der Waals surface area contributed by atoms with Gasteiger partial charge >= 0.3 is 0 Å². The first kappa shape index (κ1) is 20.9. The second-order valence-electron chi connectivity index (χ2n) is 6.86. The molecule has 0 amide bonds. The van der Waals surface area contributed by atoms with Crippen LogP contribution in [-0.2, 0) is 13.1 Å². The second kappa shape index (κ2) is 10.7. The van der Waals surface area contributed by atoms with Crippen molar-refractivity contribution in [2.75, 3.05) is 26.7 Å². The standard InChI is InChI=1S/C20H30FN5O/c1-5-22-20(24-13-18-12-19(15(2)3)25-27-18)23-10-11-26(4)14-16-6-8-17(21)9-7-16/h6-9,12,15H,5,10-11,13-14H2,1-4H3,(H2,22,23,24). The summed E-state index contributed by atoms with van der Waals surface area (Å²) in [6.07, 6.45) is 0.